The van der Waals surface area contributed by atoms with E-state index in [2.05, 4.69) is 5.32 Å². The van der Waals surface area contributed by atoms with E-state index in [1.807, 2.05) is 115 Å². The molecule has 7 atom stereocenters. The number of benzene rings is 5. The zero-order valence-corrected chi connectivity index (χ0v) is 35.2. The van der Waals surface area contributed by atoms with Crippen LogP contribution in [0.25, 0.3) is 0 Å². The fraction of sp³-hybridized carbons (Fsp3) is 0.380. The van der Waals surface area contributed by atoms with Gasteiger partial charge < -0.3 is 47.9 Å². The Hall–Kier alpha value is -5.73. The molecule has 0 amide bonds. The lowest BCUT2D eigenvalue weighted by atomic mass is 9.65. The van der Waals surface area contributed by atoms with E-state index in [9.17, 15) is 4.79 Å². The van der Waals surface area contributed by atoms with Crippen LogP contribution in [0.5, 0.6) is 28.7 Å². The fourth-order valence-electron chi connectivity index (χ4n) is 9.29. The summed E-state index contributed by atoms with van der Waals surface area (Å²) >= 11 is 0. The van der Waals surface area contributed by atoms with Crippen molar-refractivity contribution >= 4 is 5.97 Å². The van der Waals surface area contributed by atoms with E-state index in [4.69, 9.17) is 42.6 Å². The van der Waals surface area contributed by atoms with Crippen LogP contribution in [-0.4, -0.2) is 71.0 Å². The number of esters is 1. The zero-order chi connectivity index (χ0) is 43.3. The van der Waals surface area contributed by atoms with Gasteiger partial charge in [-0.15, -0.1) is 0 Å². The summed E-state index contributed by atoms with van der Waals surface area (Å²) in [6.07, 6.45) is -2.20. The van der Waals surface area contributed by atoms with Crippen LogP contribution in [0.2, 0.25) is 0 Å². The van der Waals surface area contributed by atoms with Gasteiger partial charge in [0.1, 0.15) is 12.7 Å². The minimum absolute atomic E-state index is 0.00577. The average Bonchev–Trinajstić information content (AvgIpc) is 3.95. The van der Waals surface area contributed by atoms with E-state index in [0.29, 0.717) is 58.5 Å². The number of rotatable bonds is 17. The van der Waals surface area contributed by atoms with Crippen molar-refractivity contribution in [2.45, 2.75) is 68.9 Å². The number of nitrogens with one attached hydrogen (secondary N) is 1. The van der Waals surface area contributed by atoms with Crippen LogP contribution < -0.4 is 29.0 Å². The van der Waals surface area contributed by atoms with Crippen LogP contribution in [-0.2, 0) is 43.6 Å². The van der Waals surface area contributed by atoms with Gasteiger partial charge in [-0.2, -0.15) is 0 Å². The Bertz CT molecular complexity index is 2310. The van der Waals surface area contributed by atoms with Crippen molar-refractivity contribution < 1.29 is 56.2 Å². The number of alkyl halides is 2. The summed E-state index contributed by atoms with van der Waals surface area (Å²) in [5, 5.41) is 3.21. The molecule has 5 unspecified atom stereocenters. The highest BCUT2D eigenvalue weighted by atomic mass is 19.3. The number of halogens is 2. The molecule has 13 heteroatoms. The number of carbonyl (C=O) groups is 1. The van der Waals surface area contributed by atoms with Crippen LogP contribution in [0.1, 0.15) is 58.2 Å². The van der Waals surface area contributed by atoms with E-state index >= 15 is 8.78 Å². The third-order valence-corrected chi connectivity index (χ3v) is 12.4. The number of hydrogen-bond acceptors (Lipinski definition) is 11. The molecule has 0 radical (unpaired) electrons. The maximum atomic E-state index is 16.8. The van der Waals surface area contributed by atoms with Crippen LogP contribution in [0, 0.1) is 11.8 Å². The number of cyclic esters (lactones) is 1. The average molecular weight is 864 g/mol. The molecule has 0 bridgehead atoms. The smallest absolute Gasteiger partial charge is 0.310 e. The van der Waals surface area contributed by atoms with Crippen molar-refractivity contribution in [3.63, 3.8) is 0 Å². The lowest BCUT2D eigenvalue weighted by Gasteiger charge is -2.42. The predicted molar refractivity (Wildman–Crippen MR) is 227 cm³/mol. The summed E-state index contributed by atoms with van der Waals surface area (Å²) in [4.78, 5) is 13.9. The van der Waals surface area contributed by atoms with Crippen LogP contribution in [0.3, 0.4) is 0 Å². The highest BCUT2D eigenvalue weighted by molar-refractivity contribution is 5.79. The molecule has 0 spiro atoms. The molecule has 3 heterocycles. The van der Waals surface area contributed by atoms with Gasteiger partial charge in [0.2, 0.25) is 12.5 Å². The monoisotopic (exact) mass is 863 g/mol. The Balaban J connectivity index is 0.986. The van der Waals surface area contributed by atoms with Crippen LogP contribution in [0.15, 0.2) is 115 Å². The first-order chi connectivity index (χ1) is 30.8. The molecule has 0 saturated carbocycles. The van der Waals surface area contributed by atoms with Gasteiger partial charge in [-0.05, 0) is 57.6 Å². The summed E-state index contributed by atoms with van der Waals surface area (Å²) in [5.41, 5.74) is 5.00. The highest BCUT2D eigenvalue weighted by Gasteiger charge is 2.54. The number of hydrogen-bond donors (Lipinski definition) is 1. The molecule has 0 aromatic heterocycles. The first-order valence-corrected chi connectivity index (χ1v) is 21.3. The van der Waals surface area contributed by atoms with Crippen molar-refractivity contribution in [2.75, 3.05) is 40.8 Å². The topological polar surface area (TPSA) is 112 Å². The molecule has 1 aliphatic carbocycles. The van der Waals surface area contributed by atoms with Gasteiger partial charge in [-0.25, -0.2) is 8.78 Å². The van der Waals surface area contributed by atoms with E-state index < -0.39 is 60.5 Å². The molecule has 1 N–H and O–H groups in total. The molecule has 2 saturated heterocycles. The van der Waals surface area contributed by atoms with Gasteiger partial charge in [0, 0.05) is 30.7 Å². The Morgan fingerprint density at radius 2 is 1.33 bits per heavy atom. The van der Waals surface area contributed by atoms with E-state index in [1.54, 1.807) is 14.2 Å². The van der Waals surface area contributed by atoms with E-state index in [0.717, 1.165) is 16.7 Å². The maximum Gasteiger partial charge on any atom is 0.310 e. The third-order valence-electron chi connectivity index (χ3n) is 12.4. The van der Waals surface area contributed by atoms with Gasteiger partial charge in [0.05, 0.1) is 65.3 Å². The minimum Gasteiger partial charge on any atom is -0.493 e. The second-order valence-electron chi connectivity index (χ2n) is 16.4. The standard InChI is InChI=1S/C50H51F2NO10/c1-55-42-18-34(19-43(56-2)48(42)59-26-33-16-10-5-11-17-33)45-37-22-40-41(62-30-61-40)23-38(37)47(39-28-60-49(54)46(39)45)53-29-50(51,52)44-21-35(58-25-32-14-8-4-9-15-32)20-36(63-44)27-57-24-31-12-6-3-7-13-31/h3-19,22-23,35-36,39,44-47,53H,20-21,24-30H2,1-2H3/t35?,36?,39?,44?,45-,46+,47?/m1/s1. The maximum absolute atomic E-state index is 16.8. The molecule has 5 aromatic carbocycles. The molecule has 3 aliphatic heterocycles. The van der Waals surface area contributed by atoms with Gasteiger partial charge in [0.15, 0.2) is 23.0 Å². The van der Waals surface area contributed by atoms with Gasteiger partial charge in [-0.3, -0.25) is 4.79 Å². The Morgan fingerprint density at radius 3 is 1.97 bits per heavy atom. The molecule has 5 aromatic rings. The second kappa shape index (κ2) is 18.9. The lowest BCUT2D eigenvalue weighted by Crippen LogP contribution is -2.53. The van der Waals surface area contributed by atoms with Crippen molar-refractivity contribution in [1.82, 2.24) is 5.32 Å². The molecular weight excluding hydrogens is 813 g/mol. The Morgan fingerprint density at radius 1 is 0.730 bits per heavy atom. The van der Waals surface area contributed by atoms with Crippen LogP contribution >= 0.6 is 0 Å². The first kappa shape index (κ1) is 42.6. The van der Waals surface area contributed by atoms with E-state index in [1.165, 1.54) is 0 Å². The zero-order valence-electron chi connectivity index (χ0n) is 35.2. The van der Waals surface area contributed by atoms with Gasteiger partial charge in [-0.1, -0.05) is 91.0 Å². The summed E-state index contributed by atoms with van der Waals surface area (Å²) in [7, 11) is 3.09. The van der Waals surface area contributed by atoms with Gasteiger partial charge in [0.25, 0.3) is 5.92 Å². The molecule has 330 valence electrons. The van der Waals surface area contributed by atoms with E-state index in [-0.39, 0.29) is 39.6 Å². The summed E-state index contributed by atoms with van der Waals surface area (Å²) in [5.74, 6) is -3.43. The number of methoxy groups -OCH3 is 2. The lowest BCUT2D eigenvalue weighted by molar-refractivity contribution is -0.213. The summed E-state index contributed by atoms with van der Waals surface area (Å²) < 4.78 is 87.5. The quantitative estimate of drug-likeness (QED) is 0.0908. The fourth-order valence-corrected chi connectivity index (χ4v) is 9.29. The number of fused-ring (bicyclic) bond motifs is 3. The molecule has 11 nitrogen and oxygen atoms in total. The molecule has 63 heavy (non-hydrogen) atoms. The third kappa shape index (κ3) is 9.33. The van der Waals surface area contributed by atoms with Crippen molar-refractivity contribution in [3.8, 4) is 28.7 Å². The largest absolute Gasteiger partial charge is 0.493 e. The first-order valence-electron chi connectivity index (χ1n) is 21.3. The minimum atomic E-state index is -3.35. The normalized spacial score (nSPS) is 23.7. The summed E-state index contributed by atoms with van der Waals surface area (Å²) in [6, 6.07) is 35.7. The molecule has 2 fully saturated rings. The molecular formula is C50H51F2NO10. The Labute approximate surface area is 365 Å². The van der Waals surface area contributed by atoms with Crippen molar-refractivity contribution in [2.24, 2.45) is 11.8 Å². The van der Waals surface area contributed by atoms with Crippen molar-refractivity contribution in [3.05, 3.63) is 149 Å². The predicted octanol–water partition coefficient (Wildman–Crippen LogP) is 8.56. The highest BCUT2D eigenvalue weighted by Crippen LogP contribution is 2.56. The Kier molecular flexibility index (Phi) is 12.8. The number of ether oxygens (including phenoxy) is 9. The number of carbonyl (C=O) groups excluding carboxylic acids is 1. The molecule has 4 aliphatic rings. The van der Waals surface area contributed by atoms with Gasteiger partial charge >= 0.3 is 5.97 Å². The second-order valence-corrected chi connectivity index (χ2v) is 16.4. The SMILES string of the molecule is COc1cc([C@@H]2c3cc4c(cc3C(NCC(F)(F)C3CC(OCc5ccccc5)CC(COCc5ccccc5)O3)C3COC(=O)[C@@H]32)OCO4)cc(OC)c1OCc1ccccc1. The molecule has 9 rings (SSSR count). The van der Waals surface area contributed by atoms with Crippen molar-refractivity contribution in [1.29, 1.82) is 0 Å². The summed E-state index contributed by atoms with van der Waals surface area (Å²) in [6.45, 7) is 0.307. The van der Waals surface area contributed by atoms with Crippen LogP contribution in [0.4, 0.5) is 8.78 Å².